The Kier molecular flexibility index (Phi) is 56.7. The molecule has 0 spiro atoms. The predicted molar refractivity (Wildman–Crippen MR) is 343 cm³/mol. The van der Waals surface area contributed by atoms with E-state index in [1.807, 2.05) is 36.4 Å². The van der Waals surface area contributed by atoms with Gasteiger partial charge in [0.1, 0.15) is 0 Å². The molecule has 0 bridgehead atoms. The number of para-hydroxylation sites is 4. The largest absolute Gasteiger partial charge is 0 e. The summed E-state index contributed by atoms with van der Waals surface area (Å²) in [7, 11) is 0. The van der Waals surface area contributed by atoms with Gasteiger partial charge in [-0.05, 0) is 141 Å². The van der Waals surface area contributed by atoms with E-state index in [-0.39, 0.29) is 64.0 Å². The molecule has 1 heterocycles. The van der Waals surface area contributed by atoms with Crippen molar-refractivity contribution in [3.63, 3.8) is 0 Å². The number of ether oxygens (including phenoxy) is 1. The Morgan fingerprint density at radius 3 is 0.694 bits per heavy atom. The summed E-state index contributed by atoms with van der Waals surface area (Å²) in [6, 6.07) is 46.6. The number of benzene rings is 6. The zero-order valence-electron chi connectivity index (χ0n) is 53.7. The SMILES string of the molecule is C1CCOC1.CC(C)c1cccc(C(C)C)c1N=C[N-]c1c(C(C)C)cccc1C(C)C.CC(C)c1cccc(C(C)C)c1N=C[N-]c1c(C(C)C)cccc1C(C)C.Cc1ccccc1.Cc1ccccc1.[C-]#[O+].[C-]#[O+].[C-]#[O+].[C-]#[O+].[C-]#[O+].[Mn].[Yb]. The fourth-order valence-electron chi connectivity index (χ4n) is 8.51. The average molecular weight is 1350 g/mol. The third-order valence-electron chi connectivity index (χ3n) is 12.8. The Bertz CT molecular complexity index is 2490. The van der Waals surface area contributed by atoms with Crippen LogP contribution in [-0.4, -0.2) is 25.9 Å². The molecule has 0 unspecified atom stereocenters. The van der Waals surface area contributed by atoms with E-state index >= 15 is 0 Å². The van der Waals surface area contributed by atoms with Crippen LogP contribution in [0.15, 0.2) is 143 Å². The monoisotopic (exact) mass is 1350 g/mol. The molecule has 1 aliphatic rings. The Morgan fingerprint density at radius 2 is 0.541 bits per heavy atom. The van der Waals surface area contributed by atoms with Gasteiger partial charge >= 0.3 is 56.5 Å². The van der Waals surface area contributed by atoms with E-state index in [2.05, 4.69) is 255 Å². The van der Waals surface area contributed by atoms with Crippen LogP contribution in [0.5, 0.6) is 0 Å². The summed E-state index contributed by atoms with van der Waals surface area (Å²) in [5, 5.41) is 9.71. The quantitative estimate of drug-likeness (QED) is 0.0343. The van der Waals surface area contributed by atoms with Gasteiger partial charge in [-0.3, -0.25) is 0 Å². The van der Waals surface area contributed by atoms with Crippen molar-refractivity contribution in [2.24, 2.45) is 9.98 Å². The molecule has 1 aliphatic heterocycles. The second kappa shape index (κ2) is 54.4. The number of hydrogen-bond acceptors (Lipinski definition) is 3. The number of aryl methyl sites for hydroxylation is 2. The first-order valence-electron chi connectivity index (χ1n) is 28.4. The van der Waals surface area contributed by atoms with Crippen molar-refractivity contribution < 1.29 is 92.0 Å². The summed E-state index contributed by atoms with van der Waals surface area (Å²) in [5.74, 6) is 3.48. The third kappa shape index (κ3) is 34.8. The summed E-state index contributed by atoms with van der Waals surface area (Å²) in [6.45, 7) is 64.2. The molecular weight excluding hydrogens is 1260 g/mol. The first-order valence-corrected chi connectivity index (χ1v) is 28.4. The van der Waals surface area contributed by atoms with E-state index in [9.17, 15) is 0 Å². The molecule has 0 amide bonds. The van der Waals surface area contributed by atoms with Crippen LogP contribution in [0.3, 0.4) is 0 Å². The van der Waals surface area contributed by atoms with Crippen LogP contribution in [0.25, 0.3) is 10.6 Å². The molecule has 1 radical (unpaired) electrons. The molecule has 0 aliphatic carbocycles. The standard InChI is InChI=1S/2C25H35N2.2C7H8.C4H8O.5CO.Mn.Yb/c2*1-16(2)20-11-9-12-21(17(3)4)24(20)26-15-27-25-22(18(5)6)13-10-14-23(25)19(7)8;2*1-7-5-3-2-4-6-7;1-2-4-5-3-1;5*1-2;;/h2*9-19H,1-8H3;2*2-6H,1H3;1-4H2;;;;;;;/q2*-1;;;;;;;;;;. The zero-order chi connectivity index (χ0) is 64.0. The maximum Gasteiger partial charge on any atom is 0 e. The summed E-state index contributed by atoms with van der Waals surface area (Å²) in [4.78, 5) is 9.71. The van der Waals surface area contributed by atoms with Crippen molar-refractivity contribution in [2.45, 2.75) is 185 Å². The van der Waals surface area contributed by atoms with Gasteiger partial charge in [0.25, 0.3) is 0 Å². The van der Waals surface area contributed by atoms with Gasteiger partial charge in [0.15, 0.2) is 0 Å². The van der Waals surface area contributed by atoms with Crippen LogP contribution in [0.1, 0.15) is 227 Å². The van der Waals surface area contributed by atoms with E-state index in [0.717, 1.165) is 36.0 Å². The minimum absolute atomic E-state index is 0. The van der Waals surface area contributed by atoms with E-state index in [0.29, 0.717) is 47.3 Å². The molecule has 1 saturated heterocycles. The maximum atomic E-state index is 7.50. The molecule has 6 aromatic carbocycles. The number of nitrogens with zero attached hydrogens (tertiary/aromatic N) is 4. The molecule has 12 heteroatoms. The summed E-state index contributed by atoms with van der Waals surface area (Å²) in [5.41, 5.74) is 17.3. The van der Waals surface area contributed by atoms with E-state index in [1.165, 1.54) is 68.5 Å². The van der Waals surface area contributed by atoms with Crippen molar-refractivity contribution >= 4 is 35.4 Å². The molecule has 6 aromatic rings. The Balaban J connectivity index is -0.000000338. The van der Waals surface area contributed by atoms with Gasteiger partial charge in [-0.25, -0.2) is 0 Å². The summed E-state index contributed by atoms with van der Waals surface area (Å²) >= 11 is 0. The van der Waals surface area contributed by atoms with Crippen molar-refractivity contribution in [3.8, 4) is 0 Å². The van der Waals surface area contributed by atoms with E-state index in [1.54, 1.807) is 12.7 Å². The van der Waals surface area contributed by atoms with Gasteiger partial charge in [-0.1, -0.05) is 268 Å². The topological polar surface area (TPSA) is 162 Å². The molecule has 0 N–H and O–H groups in total. The average Bonchev–Trinajstić information content (AvgIpc) is 3.28. The van der Waals surface area contributed by atoms with Gasteiger partial charge in [0.2, 0.25) is 0 Å². The molecule has 0 saturated carbocycles. The fourth-order valence-corrected chi connectivity index (χ4v) is 8.51. The minimum atomic E-state index is 0. The van der Waals surface area contributed by atoms with Gasteiger partial charge in [-0.2, -0.15) is 0 Å². The van der Waals surface area contributed by atoms with Crippen LogP contribution in [0, 0.1) is 94.0 Å². The normalized spacial score (nSPS) is 10.7. The van der Waals surface area contributed by atoms with Crippen molar-refractivity contribution in [2.75, 3.05) is 13.2 Å². The smallest absolute Gasteiger partial charge is 0 e. The first-order chi connectivity index (χ1) is 39.8. The number of rotatable bonds is 14. The predicted octanol–water partition coefficient (Wildman–Crippen LogP) is 21.7. The van der Waals surface area contributed by atoms with E-state index < -0.39 is 0 Å². The van der Waals surface area contributed by atoms with Crippen molar-refractivity contribution in [1.82, 2.24) is 0 Å². The van der Waals surface area contributed by atoms with Crippen LogP contribution >= 0.6 is 0 Å². The van der Waals surface area contributed by atoms with Crippen LogP contribution < -0.4 is 0 Å². The number of hydrogen-bond donors (Lipinski definition) is 0. The van der Waals surface area contributed by atoms with Crippen LogP contribution in [-0.2, 0) is 45.1 Å². The van der Waals surface area contributed by atoms with Crippen molar-refractivity contribution in [3.05, 3.63) is 233 Å². The molecule has 1 fully saturated rings. The van der Waals surface area contributed by atoms with Gasteiger partial charge < -0.3 is 25.4 Å². The molecule has 85 heavy (non-hydrogen) atoms. The van der Waals surface area contributed by atoms with Gasteiger partial charge in [0.05, 0.1) is 0 Å². The first kappa shape index (κ1) is 88.7. The number of aliphatic imine (C=N–C) groups is 2. The second-order valence-corrected chi connectivity index (χ2v) is 21.8. The fraction of sp³-hybridized carbons (Fsp3) is 0.411. The van der Waals surface area contributed by atoms with Crippen molar-refractivity contribution in [1.29, 1.82) is 0 Å². The molecule has 0 aromatic heterocycles. The Hall–Kier alpha value is -5.04. The van der Waals surface area contributed by atoms with Gasteiger partial charge in [-0.15, -0.1) is 0 Å². The van der Waals surface area contributed by atoms with Gasteiger partial charge in [0, 0.05) is 77.2 Å². The zero-order valence-corrected chi connectivity index (χ0v) is 56.6. The van der Waals surface area contributed by atoms with E-state index in [4.69, 9.17) is 48.6 Å². The molecule has 7 rings (SSSR count). The second-order valence-electron chi connectivity index (χ2n) is 21.8. The van der Waals surface area contributed by atoms with Crippen LogP contribution in [0.2, 0.25) is 0 Å². The molecular formula is C73H94MnN4O6Yb-2. The molecule has 10 nitrogen and oxygen atoms in total. The minimum Gasteiger partial charge on any atom is 0 e. The Labute approximate surface area is 563 Å². The molecule has 465 valence electrons. The molecule has 0 atom stereocenters. The van der Waals surface area contributed by atoms with Crippen LogP contribution in [0.4, 0.5) is 22.7 Å². The summed E-state index contributed by atoms with van der Waals surface area (Å²) in [6.07, 6.45) is 6.08. The summed E-state index contributed by atoms with van der Waals surface area (Å²) < 4.78 is 42.4. The third-order valence-corrected chi connectivity index (χ3v) is 12.8. The maximum absolute atomic E-state index is 7.50. The Morgan fingerprint density at radius 1 is 0.341 bits per heavy atom.